The van der Waals surface area contributed by atoms with Gasteiger partial charge in [0.05, 0.1) is 11.1 Å². The summed E-state index contributed by atoms with van der Waals surface area (Å²) in [5.41, 5.74) is 2.43. The summed E-state index contributed by atoms with van der Waals surface area (Å²) in [6.07, 6.45) is 0. The molecule has 1 nitrogen and oxygen atoms in total. The Bertz CT molecular complexity index is 643. The molecule has 1 N–H and O–H groups in total. The van der Waals surface area contributed by atoms with Gasteiger partial charge in [-0.15, -0.1) is 0 Å². The summed E-state index contributed by atoms with van der Waals surface area (Å²) in [6.45, 7) is 3.83. The van der Waals surface area contributed by atoms with Crippen LogP contribution in [0.3, 0.4) is 0 Å². The van der Waals surface area contributed by atoms with Crippen molar-refractivity contribution < 1.29 is 4.39 Å². The summed E-state index contributed by atoms with van der Waals surface area (Å²) < 4.78 is 13.6. The van der Waals surface area contributed by atoms with Crippen molar-refractivity contribution in [1.82, 2.24) is 0 Å². The zero-order valence-corrected chi connectivity index (χ0v) is 13.2. The number of hydrogen-bond acceptors (Lipinski definition) is 1. The van der Waals surface area contributed by atoms with Gasteiger partial charge in [0.25, 0.3) is 0 Å². The highest BCUT2D eigenvalue weighted by molar-refractivity contribution is 6.36. The molecule has 106 valence electrons. The number of hydrogen-bond donors (Lipinski definition) is 1. The van der Waals surface area contributed by atoms with Gasteiger partial charge < -0.3 is 5.32 Å². The van der Waals surface area contributed by atoms with E-state index in [2.05, 4.69) is 5.32 Å². The molecule has 0 heterocycles. The van der Waals surface area contributed by atoms with Crippen molar-refractivity contribution in [2.45, 2.75) is 19.9 Å². The van der Waals surface area contributed by atoms with Crippen LogP contribution in [0.2, 0.25) is 15.1 Å². The van der Waals surface area contributed by atoms with E-state index in [9.17, 15) is 4.39 Å². The van der Waals surface area contributed by atoms with Crippen molar-refractivity contribution in [3.8, 4) is 0 Å². The second kappa shape index (κ2) is 6.21. The smallest absolute Gasteiger partial charge is 0.142 e. The predicted octanol–water partition coefficient (Wildman–Crippen LogP) is 6.27. The molecule has 0 fully saturated rings. The van der Waals surface area contributed by atoms with Crippen LogP contribution in [0.25, 0.3) is 0 Å². The minimum absolute atomic E-state index is 0.0391. The fraction of sp³-hybridized carbons (Fsp3) is 0.200. The molecule has 1 unspecified atom stereocenters. The van der Waals surface area contributed by atoms with Gasteiger partial charge in [0, 0.05) is 21.3 Å². The van der Waals surface area contributed by atoms with Gasteiger partial charge in [0.1, 0.15) is 5.82 Å². The molecule has 0 radical (unpaired) electrons. The molecular formula is C15H13Cl3FN. The number of nitrogens with one attached hydrogen (secondary N) is 1. The molecule has 0 aliphatic heterocycles. The van der Waals surface area contributed by atoms with Crippen LogP contribution in [0.1, 0.15) is 24.1 Å². The van der Waals surface area contributed by atoms with Crippen LogP contribution in [0.15, 0.2) is 30.3 Å². The number of rotatable bonds is 3. The van der Waals surface area contributed by atoms with Crippen LogP contribution in [0.5, 0.6) is 0 Å². The highest BCUT2D eigenvalue weighted by Crippen LogP contribution is 2.34. The Morgan fingerprint density at radius 3 is 2.50 bits per heavy atom. The van der Waals surface area contributed by atoms with Gasteiger partial charge in [-0.3, -0.25) is 0 Å². The van der Waals surface area contributed by atoms with Crippen molar-refractivity contribution in [2.75, 3.05) is 5.32 Å². The fourth-order valence-electron chi connectivity index (χ4n) is 1.99. The summed E-state index contributed by atoms with van der Waals surface area (Å²) >= 11 is 18.1. The normalized spacial score (nSPS) is 12.3. The molecule has 20 heavy (non-hydrogen) atoms. The van der Waals surface area contributed by atoms with Crippen molar-refractivity contribution >= 4 is 40.5 Å². The highest BCUT2D eigenvalue weighted by Gasteiger charge is 2.17. The Hall–Kier alpha value is -0.960. The lowest BCUT2D eigenvalue weighted by Crippen LogP contribution is -2.09. The summed E-state index contributed by atoms with van der Waals surface area (Å²) in [5, 5.41) is 4.35. The van der Waals surface area contributed by atoms with E-state index in [1.54, 1.807) is 0 Å². The third-order valence-electron chi connectivity index (χ3n) is 3.08. The molecule has 0 amide bonds. The standard InChI is InChI=1S/C15H13Cl3FN/c1-8-3-4-10(16)7-13(8)20-9(2)14-11(17)5-6-12(19)15(14)18/h3-7,9,20H,1-2H3. The van der Waals surface area contributed by atoms with E-state index in [4.69, 9.17) is 34.8 Å². The van der Waals surface area contributed by atoms with Gasteiger partial charge >= 0.3 is 0 Å². The average Bonchev–Trinajstić information content (AvgIpc) is 2.39. The van der Waals surface area contributed by atoms with Gasteiger partial charge in [-0.2, -0.15) is 0 Å². The van der Waals surface area contributed by atoms with E-state index in [1.165, 1.54) is 12.1 Å². The summed E-state index contributed by atoms with van der Waals surface area (Å²) in [6, 6.07) is 8.05. The molecule has 0 spiro atoms. The average molecular weight is 333 g/mol. The molecule has 1 atom stereocenters. The van der Waals surface area contributed by atoms with Gasteiger partial charge in [-0.1, -0.05) is 40.9 Å². The van der Waals surface area contributed by atoms with Crippen molar-refractivity contribution in [3.63, 3.8) is 0 Å². The number of aryl methyl sites for hydroxylation is 1. The third-order valence-corrected chi connectivity index (χ3v) is 4.03. The van der Waals surface area contributed by atoms with Gasteiger partial charge in [0.2, 0.25) is 0 Å². The maximum Gasteiger partial charge on any atom is 0.142 e. The molecule has 2 rings (SSSR count). The van der Waals surface area contributed by atoms with Crippen molar-refractivity contribution in [2.24, 2.45) is 0 Å². The Morgan fingerprint density at radius 2 is 1.80 bits per heavy atom. The van der Waals surface area contributed by atoms with Crippen LogP contribution >= 0.6 is 34.8 Å². The lowest BCUT2D eigenvalue weighted by molar-refractivity contribution is 0.624. The first-order valence-electron chi connectivity index (χ1n) is 6.06. The topological polar surface area (TPSA) is 12.0 Å². The minimum atomic E-state index is -0.484. The van der Waals surface area contributed by atoms with Crippen LogP contribution in [0, 0.1) is 12.7 Å². The van der Waals surface area contributed by atoms with E-state index in [0.717, 1.165) is 11.3 Å². The Labute approximate surface area is 132 Å². The Balaban J connectivity index is 2.35. The molecule has 0 saturated heterocycles. The molecule has 0 aromatic heterocycles. The second-order valence-corrected chi connectivity index (χ2v) is 5.80. The van der Waals surface area contributed by atoms with Gasteiger partial charge in [-0.25, -0.2) is 4.39 Å². The summed E-state index contributed by atoms with van der Waals surface area (Å²) in [7, 11) is 0. The second-order valence-electron chi connectivity index (χ2n) is 4.58. The third kappa shape index (κ3) is 3.20. The maximum atomic E-state index is 13.6. The summed E-state index contributed by atoms with van der Waals surface area (Å²) in [4.78, 5) is 0. The maximum absolute atomic E-state index is 13.6. The molecule has 0 aliphatic rings. The first-order valence-corrected chi connectivity index (χ1v) is 7.19. The van der Waals surface area contributed by atoms with Crippen LogP contribution in [0.4, 0.5) is 10.1 Å². The monoisotopic (exact) mass is 331 g/mol. The van der Waals surface area contributed by atoms with Crippen molar-refractivity contribution in [1.29, 1.82) is 0 Å². The van der Waals surface area contributed by atoms with Gasteiger partial charge in [0.15, 0.2) is 0 Å². The number of halogens is 4. The molecule has 2 aromatic carbocycles. The molecule has 0 bridgehead atoms. The Kier molecular flexibility index (Phi) is 4.79. The predicted molar refractivity (Wildman–Crippen MR) is 84.6 cm³/mol. The Morgan fingerprint density at radius 1 is 1.10 bits per heavy atom. The first kappa shape index (κ1) is 15.4. The lowest BCUT2D eigenvalue weighted by Gasteiger charge is -2.20. The van der Waals surface area contributed by atoms with Crippen LogP contribution in [-0.4, -0.2) is 0 Å². The molecular weight excluding hydrogens is 320 g/mol. The largest absolute Gasteiger partial charge is 0.378 e. The van der Waals surface area contributed by atoms with E-state index >= 15 is 0 Å². The molecule has 5 heteroatoms. The van der Waals surface area contributed by atoms with Gasteiger partial charge in [-0.05, 0) is 43.7 Å². The zero-order valence-electron chi connectivity index (χ0n) is 11.0. The fourth-order valence-corrected chi connectivity index (χ4v) is 2.86. The number of anilines is 1. The molecule has 0 saturated carbocycles. The quantitative estimate of drug-likeness (QED) is 0.653. The van der Waals surface area contributed by atoms with E-state index in [1.807, 2.05) is 32.0 Å². The SMILES string of the molecule is Cc1ccc(Cl)cc1NC(C)c1c(Cl)ccc(F)c1Cl. The summed E-state index contributed by atoms with van der Waals surface area (Å²) in [5.74, 6) is -0.484. The first-order chi connectivity index (χ1) is 9.40. The van der Waals surface area contributed by atoms with Crippen LogP contribution in [-0.2, 0) is 0 Å². The molecule has 0 aliphatic carbocycles. The number of benzene rings is 2. The lowest BCUT2D eigenvalue weighted by atomic mass is 10.1. The van der Waals surface area contributed by atoms with Crippen LogP contribution < -0.4 is 5.32 Å². The van der Waals surface area contributed by atoms with Crippen molar-refractivity contribution in [3.05, 3.63) is 62.3 Å². The minimum Gasteiger partial charge on any atom is -0.378 e. The molecule has 2 aromatic rings. The highest BCUT2D eigenvalue weighted by atomic mass is 35.5. The van der Waals surface area contributed by atoms with E-state index in [-0.39, 0.29) is 11.1 Å². The van der Waals surface area contributed by atoms with E-state index < -0.39 is 5.82 Å². The zero-order chi connectivity index (χ0) is 14.9. The van der Waals surface area contributed by atoms with E-state index in [0.29, 0.717) is 15.6 Å².